The second-order valence-corrected chi connectivity index (χ2v) is 6.26. The number of rotatable bonds is 5. The molecule has 0 aliphatic carbocycles. The Labute approximate surface area is 152 Å². The molecule has 0 saturated heterocycles. The molecule has 0 saturated carbocycles. The third-order valence-electron chi connectivity index (χ3n) is 4.71. The van der Waals surface area contributed by atoms with Crippen molar-refractivity contribution < 1.29 is 14.7 Å². The minimum atomic E-state index is -0.989. The van der Waals surface area contributed by atoms with Gasteiger partial charge in [-0.05, 0) is 67.8 Å². The summed E-state index contributed by atoms with van der Waals surface area (Å²) in [5, 5.41) is 12.9. The summed E-state index contributed by atoms with van der Waals surface area (Å²) >= 11 is 0. The molecule has 0 aliphatic heterocycles. The van der Waals surface area contributed by atoms with Gasteiger partial charge in [-0.25, -0.2) is 4.79 Å². The van der Waals surface area contributed by atoms with Crippen molar-refractivity contribution in [3.8, 4) is 0 Å². The molecule has 2 N–H and O–H groups in total. The van der Waals surface area contributed by atoms with Crippen molar-refractivity contribution in [1.82, 2.24) is 4.57 Å². The molecule has 26 heavy (non-hydrogen) atoms. The summed E-state index contributed by atoms with van der Waals surface area (Å²) in [6.07, 6.45) is 0.949. The highest BCUT2D eigenvalue weighted by molar-refractivity contribution is 6.08. The molecule has 0 spiro atoms. The average Bonchev–Trinajstić information content (AvgIpc) is 2.93. The van der Waals surface area contributed by atoms with Gasteiger partial charge in [0.1, 0.15) is 5.69 Å². The second-order valence-electron chi connectivity index (χ2n) is 6.26. The number of aromatic nitrogens is 1. The van der Waals surface area contributed by atoms with E-state index in [9.17, 15) is 9.59 Å². The third-order valence-corrected chi connectivity index (χ3v) is 4.71. The van der Waals surface area contributed by atoms with Crippen molar-refractivity contribution in [2.24, 2.45) is 0 Å². The van der Waals surface area contributed by atoms with Gasteiger partial charge >= 0.3 is 5.97 Å². The lowest BCUT2D eigenvalue weighted by Crippen LogP contribution is -2.18. The minimum absolute atomic E-state index is 0.189. The van der Waals surface area contributed by atoms with Gasteiger partial charge in [0.15, 0.2) is 0 Å². The van der Waals surface area contributed by atoms with Crippen LogP contribution in [0.3, 0.4) is 0 Å². The van der Waals surface area contributed by atoms with Crippen molar-refractivity contribution in [2.75, 3.05) is 5.32 Å². The Hall–Kier alpha value is -3.08. The maximum absolute atomic E-state index is 12.9. The van der Waals surface area contributed by atoms with Crippen LogP contribution in [0.1, 0.15) is 45.8 Å². The van der Waals surface area contributed by atoms with Crippen LogP contribution in [0.5, 0.6) is 0 Å². The lowest BCUT2D eigenvalue weighted by atomic mass is 10.1. The van der Waals surface area contributed by atoms with Gasteiger partial charge in [-0.2, -0.15) is 0 Å². The summed E-state index contributed by atoms with van der Waals surface area (Å²) in [5.74, 6) is -1.18. The molecule has 1 heterocycles. The van der Waals surface area contributed by atoms with Gasteiger partial charge in [0.25, 0.3) is 5.91 Å². The first kappa shape index (κ1) is 17.7. The molecule has 1 aromatic heterocycles. The fraction of sp³-hybridized carbons (Fsp3) is 0.238. The molecule has 0 unspecified atom stereocenters. The van der Waals surface area contributed by atoms with Gasteiger partial charge in [-0.3, -0.25) is 4.79 Å². The molecule has 0 aliphatic rings. The molecule has 3 rings (SSSR count). The summed E-state index contributed by atoms with van der Waals surface area (Å²) in [6.45, 7) is 6.79. The number of fused-ring (bicyclic) bond motifs is 1. The number of carbonyl (C=O) groups is 2. The molecule has 0 bridgehead atoms. The Kier molecular flexibility index (Phi) is 4.80. The number of aromatic carboxylic acids is 1. The van der Waals surface area contributed by atoms with Crippen LogP contribution in [0.15, 0.2) is 42.5 Å². The van der Waals surface area contributed by atoms with Gasteiger partial charge in [-0.15, -0.1) is 0 Å². The van der Waals surface area contributed by atoms with Crippen LogP contribution in [0, 0.1) is 6.92 Å². The highest BCUT2D eigenvalue weighted by atomic mass is 16.4. The molecule has 134 valence electrons. The van der Waals surface area contributed by atoms with Gasteiger partial charge in [0.05, 0.1) is 5.56 Å². The SMILES string of the molecule is CCc1ccc2c(c1)c(C)c(C(=O)Nc1ccc(C(=O)O)cc1)n2CC. The summed E-state index contributed by atoms with van der Waals surface area (Å²) in [6, 6.07) is 12.5. The van der Waals surface area contributed by atoms with Gasteiger partial charge < -0.3 is 15.0 Å². The molecule has 0 atom stereocenters. The van der Waals surface area contributed by atoms with Crippen LogP contribution >= 0.6 is 0 Å². The molecule has 2 aromatic carbocycles. The quantitative estimate of drug-likeness (QED) is 0.712. The highest BCUT2D eigenvalue weighted by Gasteiger charge is 2.20. The summed E-state index contributed by atoms with van der Waals surface area (Å²) in [7, 11) is 0. The normalized spacial score (nSPS) is 10.9. The number of hydrogen-bond acceptors (Lipinski definition) is 2. The van der Waals surface area contributed by atoms with Crippen molar-refractivity contribution in [3.05, 3.63) is 64.8 Å². The van der Waals surface area contributed by atoms with E-state index < -0.39 is 5.97 Å². The maximum atomic E-state index is 12.9. The van der Waals surface area contributed by atoms with E-state index >= 15 is 0 Å². The molecule has 5 nitrogen and oxygen atoms in total. The first-order chi connectivity index (χ1) is 12.5. The molecule has 5 heteroatoms. The molecular weight excluding hydrogens is 328 g/mol. The van der Waals surface area contributed by atoms with Crippen LogP contribution in [-0.4, -0.2) is 21.6 Å². The fourth-order valence-electron chi connectivity index (χ4n) is 3.30. The average molecular weight is 350 g/mol. The maximum Gasteiger partial charge on any atom is 0.335 e. The number of aryl methyl sites for hydroxylation is 3. The number of hydrogen-bond donors (Lipinski definition) is 2. The molecule has 0 fully saturated rings. The van der Waals surface area contributed by atoms with Crippen molar-refractivity contribution in [1.29, 1.82) is 0 Å². The van der Waals surface area contributed by atoms with E-state index in [2.05, 4.69) is 30.4 Å². The summed E-state index contributed by atoms with van der Waals surface area (Å²) < 4.78 is 2.02. The number of carbonyl (C=O) groups excluding carboxylic acids is 1. The van der Waals surface area contributed by atoms with Gasteiger partial charge in [0, 0.05) is 23.1 Å². The highest BCUT2D eigenvalue weighted by Crippen LogP contribution is 2.28. The first-order valence-electron chi connectivity index (χ1n) is 8.72. The second kappa shape index (κ2) is 7.04. The van der Waals surface area contributed by atoms with Crippen LogP contribution in [0.2, 0.25) is 0 Å². The molecule has 0 radical (unpaired) electrons. The van der Waals surface area contributed by atoms with Gasteiger partial charge in [-0.1, -0.05) is 13.0 Å². The number of nitrogens with one attached hydrogen (secondary N) is 1. The zero-order valence-electron chi connectivity index (χ0n) is 15.2. The van der Waals surface area contributed by atoms with Crippen LogP contribution < -0.4 is 5.32 Å². The van der Waals surface area contributed by atoms with Crippen LogP contribution in [-0.2, 0) is 13.0 Å². The largest absolute Gasteiger partial charge is 0.478 e. The Morgan fingerprint density at radius 3 is 2.35 bits per heavy atom. The molecule has 1 amide bonds. The number of carboxylic acid groups (broad SMARTS) is 1. The zero-order chi connectivity index (χ0) is 18.8. The van der Waals surface area contributed by atoms with Crippen molar-refractivity contribution >= 4 is 28.5 Å². The Morgan fingerprint density at radius 2 is 1.77 bits per heavy atom. The lowest BCUT2D eigenvalue weighted by Gasteiger charge is -2.10. The smallest absolute Gasteiger partial charge is 0.335 e. The van der Waals surface area contributed by atoms with E-state index in [-0.39, 0.29) is 11.5 Å². The van der Waals surface area contributed by atoms with Crippen LogP contribution in [0.25, 0.3) is 10.9 Å². The summed E-state index contributed by atoms with van der Waals surface area (Å²) in [4.78, 5) is 23.9. The predicted octanol–water partition coefficient (Wildman–Crippen LogP) is 4.48. The zero-order valence-corrected chi connectivity index (χ0v) is 15.2. The standard InChI is InChI=1S/C21H22N2O3/c1-4-14-6-11-18-17(12-14)13(3)19(23(18)5-2)20(24)22-16-9-7-15(8-10-16)21(25)26/h6-12H,4-5H2,1-3H3,(H,22,24)(H,25,26). The van der Waals surface area contributed by atoms with Gasteiger partial charge in [0.2, 0.25) is 0 Å². The predicted molar refractivity (Wildman–Crippen MR) is 103 cm³/mol. The van der Waals surface area contributed by atoms with E-state index in [1.165, 1.54) is 17.7 Å². The number of carboxylic acids is 1. The van der Waals surface area contributed by atoms with Crippen LogP contribution in [0.4, 0.5) is 5.69 Å². The van der Waals surface area contributed by atoms with E-state index in [1.54, 1.807) is 12.1 Å². The number of anilines is 1. The Morgan fingerprint density at radius 1 is 1.08 bits per heavy atom. The summed E-state index contributed by atoms with van der Waals surface area (Å²) in [5.41, 5.74) is 4.64. The lowest BCUT2D eigenvalue weighted by molar-refractivity contribution is 0.0696. The monoisotopic (exact) mass is 350 g/mol. The number of amides is 1. The Bertz CT molecular complexity index is 985. The Balaban J connectivity index is 1.99. The van der Waals surface area contributed by atoms with Crippen molar-refractivity contribution in [3.63, 3.8) is 0 Å². The topological polar surface area (TPSA) is 71.3 Å². The number of nitrogens with zero attached hydrogens (tertiary/aromatic N) is 1. The van der Waals surface area contributed by atoms with Crippen molar-refractivity contribution in [2.45, 2.75) is 33.7 Å². The fourth-order valence-corrected chi connectivity index (χ4v) is 3.30. The molecule has 3 aromatic rings. The third kappa shape index (κ3) is 3.08. The van der Waals surface area contributed by atoms with E-state index in [1.807, 2.05) is 18.4 Å². The van der Waals surface area contributed by atoms with E-state index in [4.69, 9.17) is 5.11 Å². The van der Waals surface area contributed by atoms with E-state index in [0.29, 0.717) is 17.9 Å². The number of benzene rings is 2. The molecular formula is C21H22N2O3. The van der Waals surface area contributed by atoms with E-state index in [0.717, 1.165) is 22.9 Å². The minimum Gasteiger partial charge on any atom is -0.478 e. The first-order valence-corrected chi connectivity index (χ1v) is 8.72.